The van der Waals surface area contributed by atoms with E-state index >= 15 is 0 Å². The van der Waals surface area contributed by atoms with Crippen molar-refractivity contribution in [3.63, 3.8) is 0 Å². The molecule has 0 heterocycles. The first-order valence-electron chi connectivity index (χ1n) is 7.05. The molecule has 0 saturated heterocycles. The van der Waals surface area contributed by atoms with Gasteiger partial charge in [0, 0.05) is 5.02 Å². The number of methoxy groups -OCH3 is 2. The van der Waals surface area contributed by atoms with Crippen LogP contribution in [0.3, 0.4) is 0 Å². The molecule has 0 spiro atoms. The van der Waals surface area contributed by atoms with Crippen molar-refractivity contribution in [3.05, 3.63) is 70.4 Å². The Hall–Kier alpha value is -2.79. The van der Waals surface area contributed by atoms with Gasteiger partial charge in [-0.05, 0) is 35.9 Å². The summed E-state index contributed by atoms with van der Waals surface area (Å²) in [5.74, 6) is -0.725. The zero-order valence-electron chi connectivity index (χ0n) is 13.2. The van der Waals surface area contributed by atoms with Gasteiger partial charge in [-0.1, -0.05) is 35.9 Å². The van der Waals surface area contributed by atoms with E-state index in [1.807, 2.05) is 0 Å². The molecule has 0 saturated carbocycles. The lowest BCUT2D eigenvalue weighted by Crippen LogP contribution is -2.28. The maximum Gasteiger partial charge on any atom is 0.354 e. The highest BCUT2D eigenvalue weighted by Gasteiger charge is 2.17. The number of esters is 1. The summed E-state index contributed by atoms with van der Waals surface area (Å²) in [4.78, 5) is 24.4. The van der Waals surface area contributed by atoms with Gasteiger partial charge in [-0.25, -0.2) is 4.79 Å². The van der Waals surface area contributed by atoms with E-state index in [1.54, 1.807) is 48.5 Å². The minimum absolute atomic E-state index is 0.00993. The molecule has 2 aromatic carbocycles. The topological polar surface area (TPSA) is 64.6 Å². The Morgan fingerprint density at radius 1 is 1.04 bits per heavy atom. The number of hydrogen-bond acceptors (Lipinski definition) is 4. The van der Waals surface area contributed by atoms with Gasteiger partial charge >= 0.3 is 5.97 Å². The molecule has 0 radical (unpaired) electrons. The van der Waals surface area contributed by atoms with Crippen LogP contribution in [-0.4, -0.2) is 26.1 Å². The fourth-order valence-electron chi connectivity index (χ4n) is 2.00. The molecule has 0 unspecified atom stereocenters. The summed E-state index contributed by atoms with van der Waals surface area (Å²) >= 11 is 5.84. The average Bonchev–Trinajstić information content (AvgIpc) is 2.62. The standard InChI is InChI=1S/C18H16ClNO4/c1-23-16-6-4-3-5-14(16)17(21)20-15(18(22)24-2)11-12-7-9-13(19)10-8-12/h3-11H,1-2H3,(H,20,21)/b15-11+. The van der Waals surface area contributed by atoms with Crippen LogP contribution in [-0.2, 0) is 9.53 Å². The Bertz CT molecular complexity index is 769. The van der Waals surface area contributed by atoms with Gasteiger partial charge in [-0.3, -0.25) is 4.79 Å². The molecule has 1 N–H and O–H groups in total. The van der Waals surface area contributed by atoms with Crippen LogP contribution in [0.15, 0.2) is 54.2 Å². The summed E-state index contributed by atoms with van der Waals surface area (Å²) in [6, 6.07) is 13.5. The van der Waals surface area contributed by atoms with Crippen molar-refractivity contribution in [2.45, 2.75) is 0 Å². The van der Waals surface area contributed by atoms with E-state index in [9.17, 15) is 9.59 Å². The lowest BCUT2D eigenvalue weighted by molar-refractivity contribution is -0.136. The molecule has 0 atom stereocenters. The quantitative estimate of drug-likeness (QED) is 0.667. The molecule has 0 aliphatic carbocycles. The first-order chi connectivity index (χ1) is 11.5. The van der Waals surface area contributed by atoms with Gasteiger partial charge in [0.1, 0.15) is 11.4 Å². The fourth-order valence-corrected chi connectivity index (χ4v) is 2.13. The van der Waals surface area contributed by atoms with Gasteiger partial charge in [0.25, 0.3) is 5.91 Å². The molecule has 0 aromatic heterocycles. The van der Waals surface area contributed by atoms with Crippen LogP contribution in [0.25, 0.3) is 6.08 Å². The molecule has 0 aliphatic rings. The highest BCUT2D eigenvalue weighted by atomic mass is 35.5. The number of carbonyl (C=O) groups excluding carboxylic acids is 2. The van der Waals surface area contributed by atoms with Gasteiger partial charge < -0.3 is 14.8 Å². The summed E-state index contributed by atoms with van der Waals surface area (Å²) in [5, 5.41) is 3.13. The monoisotopic (exact) mass is 345 g/mol. The zero-order chi connectivity index (χ0) is 17.5. The Morgan fingerprint density at radius 3 is 2.33 bits per heavy atom. The minimum Gasteiger partial charge on any atom is -0.496 e. The number of hydrogen-bond donors (Lipinski definition) is 1. The molecule has 0 fully saturated rings. The molecular formula is C18H16ClNO4. The second-order valence-corrected chi connectivity index (χ2v) is 5.19. The van der Waals surface area contributed by atoms with Crippen LogP contribution in [0, 0.1) is 0 Å². The van der Waals surface area contributed by atoms with Gasteiger partial charge in [0.05, 0.1) is 19.8 Å². The molecule has 2 aromatic rings. The maximum atomic E-state index is 12.4. The van der Waals surface area contributed by atoms with E-state index in [-0.39, 0.29) is 5.70 Å². The number of carbonyl (C=O) groups is 2. The summed E-state index contributed by atoms with van der Waals surface area (Å²) in [5.41, 5.74) is 1.02. The molecule has 5 nitrogen and oxygen atoms in total. The predicted molar refractivity (Wildman–Crippen MR) is 91.9 cm³/mol. The predicted octanol–water partition coefficient (Wildman–Crippen LogP) is 3.29. The molecular weight excluding hydrogens is 330 g/mol. The number of amides is 1. The van der Waals surface area contributed by atoms with E-state index in [4.69, 9.17) is 21.1 Å². The largest absolute Gasteiger partial charge is 0.496 e. The van der Waals surface area contributed by atoms with Crippen LogP contribution in [0.5, 0.6) is 5.75 Å². The zero-order valence-corrected chi connectivity index (χ0v) is 14.0. The van der Waals surface area contributed by atoms with Crippen LogP contribution in [0.1, 0.15) is 15.9 Å². The Kier molecular flexibility index (Phi) is 5.98. The minimum atomic E-state index is -0.659. The van der Waals surface area contributed by atoms with E-state index < -0.39 is 11.9 Å². The van der Waals surface area contributed by atoms with Gasteiger partial charge in [0.15, 0.2) is 0 Å². The highest BCUT2D eigenvalue weighted by molar-refractivity contribution is 6.30. The van der Waals surface area contributed by atoms with Crippen molar-refractivity contribution in [1.82, 2.24) is 5.32 Å². The van der Waals surface area contributed by atoms with Crippen LogP contribution < -0.4 is 10.1 Å². The average molecular weight is 346 g/mol. The fraction of sp³-hybridized carbons (Fsp3) is 0.111. The molecule has 1 amide bonds. The van der Waals surface area contributed by atoms with Crippen LogP contribution in [0.4, 0.5) is 0 Å². The van der Waals surface area contributed by atoms with Crippen molar-refractivity contribution in [2.75, 3.05) is 14.2 Å². The SMILES string of the molecule is COC(=O)/C(=C\c1ccc(Cl)cc1)NC(=O)c1ccccc1OC. The third-order valence-corrected chi connectivity index (χ3v) is 3.44. The summed E-state index contributed by atoms with van der Waals surface area (Å²) in [6.07, 6.45) is 1.51. The van der Waals surface area contributed by atoms with Gasteiger partial charge in [-0.15, -0.1) is 0 Å². The van der Waals surface area contributed by atoms with Crippen LogP contribution >= 0.6 is 11.6 Å². The molecule has 24 heavy (non-hydrogen) atoms. The van der Waals surface area contributed by atoms with Crippen molar-refractivity contribution < 1.29 is 19.1 Å². The van der Waals surface area contributed by atoms with Gasteiger partial charge in [-0.2, -0.15) is 0 Å². The van der Waals surface area contributed by atoms with E-state index in [1.165, 1.54) is 20.3 Å². The number of para-hydroxylation sites is 1. The highest BCUT2D eigenvalue weighted by Crippen LogP contribution is 2.18. The maximum absolute atomic E-state index is 12.4. The summed E-state index contributed by atoms with van der Waals surface area (Å²) < 4.78 is 9.88. The normalized spacial score (nSPS) is 10.9. The molecule has 0 bridgehead atoms. The second kappa shape index (κ2) is 8.17. The number of nitrogens with one attached hydrogen (secondary N) is 1. The first kappa shape index (κ1) is 17.6. The van der Waals surface area contributed by atoms with E-state index in [0.29, 0.717) is 21.9 Å². The Labute approximate surface area is 144 Å². The van der Waals surface area contributed by atoms with Gasteiger partial charge in [0.2, 0.25) is 0 Å². The van der Waals surface area contributed by atoms with Crippen molar-refractivity contribution in [3.8, 4) is 5.75 Å². The van der Waals surface area contributed by atoms with Crippen molar-refractivity contribution >= 4 is 29.6 Å². The third kappa shape index (κ3) is 4.36. The van der Waals surface area contributed by atoms with Crippen molar-refractivity contribution in [2.24, 2.45) is 0 Å². The lowest BCUT2D eigenvalue weighted by Gasteiger charge is -2.11. The number of benzene rings is 2. The summed E-state index contributed by atoms with van der Waals surface area (Å²) in [7, 11) is 2.71. The molecule has 2 rings (SSSR count). The second-order valence-electron chi connectivity index (χ2n) is 4.76. The van der Waals surface area contributed by atoms with Crippen molar-refractivity contribution in [1.29, 1.82) is 0 Å². The molecule has 124 valence electrons. The Balaban J connectivity index is 2.30. The lowest BCUT2D eigenvalue weighted by atomic mass is 10.1. The molecule has 6 heteroatoms. The number of rotatable bonds is 5. The Morgan fingerprint density at radius 2 is 1.71 bits per heavy atom. The van der Waals surface area contributed by atoms with E-state index in [2.05, 4.69) is 5.32 Å². The smallest absolute Gasteiger partial charge is 0.354 e. The summed E-state index contributed by atoms with van der Waals surface area (Å²) in [6.45, 7) is 0. The first-order valence-corrected chi connectivity index (χ1v) is 7.43. The number of ether oxygens (including phenoxy) is 2. The van der Waals surface area contributed by atoms with E-state index in [0.717, 1.165) is 0 Å². The number of halogens is 1. The molecule has 0 aliphatic heterocycles. The third-order valence-electron chi connectivity index (χ3n) is 3.19. The van der Waals surface area contributed by atoms with Crippen LogP contribution in [0.2, 0.25) is 5.02 Å².